The van der Waals surface area contributed by atoms with Gasteiger partial charge in [0.2, 0.25) is 0 Å². The third-order valence-electron chi connectivity index (χ3n) is 4.88. The summed E-state index contributed by atoms with van der Waals surface area (Å²) < 4.78 is 5.50. The Morgan fingerprint density at radius 3 is 2.26 bits per heavy atom. The molecule has 0 spiro atoms. The zero-order chi connectivity index (χ0) is 16.1. The number of nitrogens with zero attached hydrogens (tertiary/aromatic N) is 1. The van der Waals surface area contributed by atoms with Crippen LogP contribution in [0.2, 0.25) is 0 Å². The highest BCUT2D eigenvalue weighted by molar-refractivity contribution is 5.89. The van der Waals surface area contributed by atoms with Gasteiger partial charge in [0.05, 0.1) is 5.60 Å². The number of amides is 2. The molecule has 126 valence electrons. The number of hydrogen-bond donors (Lipinski definition) is 2. The Morgan fingerprint density at radius 2 is 1.70 bits per heavy atom. The molecule has 2 aliphatic rings. The molecule has 1 aromatic rings. The van der Waals surface area contributed by atoms with E-state index in [1.54, 1.807) is 7.11 Å². The van der Waals surface area contributed by atoms with Crippen molar-refractivity contribution in [2.75, 3.05) is 37.4 Å². The van der Waals surface area contributed by atoms with Gasteiger partial charge in [0, 0.05) is 38.1 Å². The highest BCUT2D eigenvalue weighted by Crippen LogP contribution is 2.38. The summed E-state index contributed by atoms with van der Waals surface area (Å²) in [6.45, 7) is 2.57. The molecule has 3 rings (SSSR count). The molecule has 1 saturated heterocycles. The largest absolute Gasteiger partial charge is 0.382 e. The fraction of sp³-hybridized carbons (Fsp3) is 0.611. The Kier molecular flexibility index (Phi) is 5.06. The zero-order valence-corrected chi connectivity index (χ0v) is 13.9. The number of carbonyl (C=O) groups is 1. The lowest BCUT2D eigenvalue weighted by molar-refractivity contribution is 0.0914. The standard InChI is InChI=1S/C18H27N3O2/c1-23-18(10-11-18)14-19-15-6-8-16(9-7-15)20-17(22)21-12-4-2-3-5-13-21/h6-9,19H,2-5,10-14H2,1H3,(H,20,22). The number of carbonyl (C=O) groups excluding carboxylic acids is 1. The molecular weight excluding hydrogens is 290 g/mol. The van der Waals surface area contributed by atoms with Gasteiger partial charge in [0.1, 0.15) is 0 Å². The molecule has 0 aromatic heterocycles. The summed E-state index contributed by atoms with van der Waals surface area (Å²) in [7, 11) is 1.77. The maximum absolute atomic E-state index is 12.3. The van der Waals surface area contributed by atoms with E-state index in [-0.39, 0.29) is 11.6 Å². The molecular formula is C18H27N3O2. The van der Waals surface area contributed by atoms with Crippen molar-refractivity contribution in [1.82, 2.24) is 4.90 Å². The SMILES string of the molecule is COC1(CNc2ccc(NC(=O)N3CCCCCC3)cc2)CC1. The van der Waals surface area contributed by atoms with Gasteiger partial charge in [-0.25, -0.2) is 4.79 Å². The molecule has 2 N–H and O–H groups in total. The summed E-state index contributed by atoms with van der Waals surface area (Å²) >= 11 is 0. The van der Waals surface area contributed by atoms with Gasteiger partial charge in [0.25, 0.3) is 0 Å². The minimum atomic E-state index is 0.0175. The molecule has 1 aliphatic carbocycles. The minimum Gasteiger partial charge on any atom is -0.382 e. The minimum absolute atomic E-state index is 0.0175. The second-order valence-corrected chi connectivity index (χ2v) is 6.65. The van der Waals surface area contributed by atoms with Gasteiger partial charge in [-0.2, -0.15) is 0 Å². The lowest BCUT2D eigenvalue weighted by Crippen LogP contribution is -2.35. The molecule has 1 aromatic carbocycles. The van der Waals surface area contributed by atoms with Crippen LogP contribution in [0.1, 0.15) is 38.5 Å². The van der Waals surface area contributed by atoms with Crippen LogP contribution in [0.3, 0.4) is 0 Å². The second kappa shape index (κ2) is 7.21. The fourth-order valence-electron chi connectivity index (χ4n) is 3.00. The summed E-state index contributed by atoms with van der Waals surface area (Å²) in [5, 5.41) is 6.40. The lowest BCUT2D eigenvalue weighted by Gasteiger charge is -2.21. The molecule has 0 atom stereocenters. The maximum atomic E-state index is 12.3. The van der Waals surface area contributed by atoms with Crippen molar-refractivity contribution in [1.29, 1.82) is 0 Å². The second-order valence-electron chi connectivity index (χ2n) is 6.65. The Balaban J connectivity index is 1.49. The predicted octanol–water partition coefficient (Wildman–Crippen LogP) is 3.69. The number of likely N-dealkylation sites (tertiary alicyclic amines) is 1. The molecule has 0 radical (unpaired) electrons. The highest BCUT2D eigenvalue weighted by Gasteiger charge is 2.42. The van der Waals surface area contributed by atoms with E-state index in [2.05, 4.69) is 10.6 Å². The average molecular weight is 317 g/mol. The van der Waals surface area contributed by atoms with Crippen LogP contribution in [-0.4, -0.2) is 43.3 Å². The van der Waals surface area contributed by atoms with Crippen molar-refractivity contribution in [2.24, 2.45) is 0 Å². The van der Waals surface area contributed by atoms with Crippen LogP contribution in [0.4, 0.5) is 16.2 Å². The van der Waals surface area contributed by atoms with E-state index in [0.29, 0.717) is 0 Å². The molecule has 1 heterocycles. The van der Waals surface area contributed by atoms with Crippen LogP contribution in [0.5, 0.6) is 0 Å². The molecule has 5 heteroatoms. The van der Waals surface area contributed by atoms with Gasteiger partial charge >= 0.3 is 6.03 Å². The molecule has 0 bridgehead atoms. The van der Waals surface area contributed by atoms with Gasteiger partial charge in [-0.1, -0.05) is 12.8 Å². The monoisotopic (exact) mass is 317 g/mol. The van der Waals surface area contributed by atoms with Crippen LogP contribution in [-0.2, 0) is 4.74 Å². The lowest BCUT2D eigenvalue weighted by atomic mass is 10.2. The number of nitrogens with one attached hydrogen (secondary N) is 2. The van der Waals surface area contributed by atoms with Crippen molar-refractivity contribution < 1.29 is 9.53 Å². The average Bonchev–Trinajstić information content (AvgIpc) is 3.38. The van der Waals surface area contributed by atoms with Crippen molar-refractivity contribution in [3.05, 3.63) is 24.3 Å². The van der Waals surface area contributed by atoms with E-state index < -0.39 is 0 Å². The van der Waals surface area contributed by atoms with Gasteiger partial charge in [-0.3, -0.25) is 0 Å². The number of rotatable bonds is 5. The molecule has 1 saturated carbocycles. The first kappa shape index (κ1) is 16.1. The highest BCUT2D eigenvalue weighted by atomic mass is 16.5. The van der Waals surface area contributed by atoms with E-state index in [9.17, 15) is 4.79 Å². The van der Waals surface area contributed by atoms with E-state index >= 15 is 0 Å². The van der Waals surface area contributed by atoms with Crippen LogP contribution < -0.4 is 10.6 Å². The first-order chi connectivity index (χ1) is 11.2. The number of methoxy groups -OCH3 is 1. The Labute approximate surface area is 138 Å². The number of anilines is 2. The Hall–Kier alpha value is -1.75. The van der Waals surface area contributed by atoms with Crippen LogP contribution in [0.15, 0.2) is 24.3 Å². The summed E-state index contributed by atoms with van der Waals surface area (Å²) in [5.74, 6) is 0. The van der Waals surface area contributed by atoms with Gasteiger partial charge in [0.15, 0.2) is 0 Å². The van der Waals surface area contributed by atoms with Crippen molar-refractivity contribution in [3.63, 3.8) is 0 Å². The topological polar surface area (TPSA) is 53.6 Å². The Bertz CT molecular complexity index is 518. The quantitative estimate of drug-likeness (QED) is 0.871. The van der Waals surface area contributed by atoms with E-state index in [0.717, 1.165) is 56.7 Å². The molecule has 2 amide bonds. The first-order valence-corrected chi connectivity index (χ1v) is 8.66. The van der Waals surface area contributed by atoms with E-state index in [1.807, 2.05) is 29.2 Å². The molecule has 1 aliphatic heterocycles. The summed E-state index contributed by atoms with van der Waals surface area (Å²) in [6, 6.07) is 7.92. The Morgan fingerprint density at radius 1 is 1.09 bits per heavy atom. The maximum Gasteiger partial charge on any atom is 0.321 e. The smallest absolute Gasteiger partial charge is 0.321 e. The van der Waals surface area contributed by atoms with Crippen molar-refractivity contribution >= 4 is 17.4 Å². The fourth-order valence-corrected chi connectivity index (χ4v) is 3.00. The third-order valence-corrected chi connectivity index (χ3v) is 4.88. The number of urea groups is 1. The van der Waals surface area contributed by atoms with Crippen LogP contribution in [0, 0.1) is 0 Å². The number of hydrogen-bond acceptors (Lipinski definition) is 3. The predicted molar refractivity (Wildman–Crippen MR) is 93.0 cm³/mol. The summed E-state index contributed by atoms with van der Waals surface area (Å²) in [6.07, 6.45) is 6.93. The molecule has 5 nitrogen and oxygen atoms in total. The van der Waals surface area contributed by atoms with Gasteiger partial charge < -0.3 is 20.3 Å². The van der Waals surface area contributed by atoms with E-state index in [1.165, 1.54) is 12.8 Å². The van der Waals surface area contributed by atoms with Gasteiger partial charge in [-0.15, -0.1) is 0 Å². The van der Waals surface area contributed by atoms with Crippen molar-refractivity contribution in [3.8, 4) is 0 Å². The van der Waals surface area contributed by atoms with E-state index in [4.69, 9.17) is 4.74 Å². The van der Waals surface area contributed by atoms with Crippen LogP contribution >= 0.6 is 0 Å². The van der Waals surface area contributed by atoms with Crippen LogP contribution in [0.25, 0.3) is 0 Å². The normalized spacial score (nSPS) is 19.8. The number of ether oxygens (including phenoxy) is 1. The third kappa shape index (κ3) is 4.38. The molecule has 23 heavy (non-hydrogen) atoms. The van der Waals surface area contributed by atoms with Gasteiger partial charge in [-0.05, 0) is 49.9 Å². The summed E-state index contributed by atoms with van der Waals surface area (Å²) in [4.78, 5) is 14.2. The first-order valence-electron chi connectivity index (χ1n) is 8.66. The molecule has 2 fully saturated rings. The molecule has 0 unspecified atom stereocenters. The zero-order valence-electron chi connectivity index (χ0n) is 13.9. The summed E-state index contributed by atoms with van der Waals surface area (Å²) in [5.41, 5.74) is 1.94. The van der Waals surface area contributed by atoms with Crippen molar-refractivity contribution in [2.45, 2.75) is 44.1 Å². The number of benzene rings is 1.